The van der Waals surface area contributed by atoms with E-state index in [1.165, 1.54) is 30.5 Å². The maximum Gasteiger partial charge on any atom is 3.00 e. The van der Waals surface area contributed by atoms with Gasteiger partial charge in [-0.3, -0.25) is 0 Å². The number of furan rings is 1. The molecule has 0 saturated carbocycles. The van der Waals surface area contributed by atoms with Crippen LogP contribution in [0.15, 0.2) is 175 Å². The van der Waals surface area contributed by atoms with Crippen LogP contribution >= 0.6 is 0 Å². The molecule has 4 aromatic heterocycles. The van der Waals surface area contributed by atoms with Crippen LogP contribution in [0.2, 0.25) is 0 Å². The zero-order valence-electron chi connectivity index (χ0n) is 46.0. The summed E-state index contributed by atoms with van der Waals surface area (Å²) in [5.74, 6) is -0.826. The minimum absolute atomic E-state index is 0. The van der Waals surface area contributed by atoms with Gasteiger partial charge in [-0.2, -0.15) is 0 Å². The van der Waals surface area contributed by atoms with Crippen LogP contribution in [0.4, 0.5) is 4.39 Å². The van der Waals surface area contributed by atoms with Crippen molar-refractivity contribution in [2.45, 2.75) is 71.0 Å². The van der Waals surface area contributed by atoms with Crippen molar-refractivity contribution >= 4 is 21.9 Å². The average molecular weight is 1070 g/mol. The third kappa shape index (κ3) is 9.63. The average Bonchev–Trinajstić information content (AvgIpc) is 3.77. The van der Waals surface area contributed by atoms with Crippen molar-refractivity contribution in [3.8, 4) is 44.9 Å². The number of aromatic nitrogens is 3. The molecule has 0 fully saturated rings. The molecule has 4 heterocycles. The van der Waals surface area contributed by atoms with Crippen LogP contribution in [0, 0.1) is 30.9 Å². The number of pyridine rings is 3. The second-order valence-corrected chi connectivity index (χ2v) is 18.2. The predicted octanol–water partition coefficient (Wildman–Crippen LogP) is 15.1. The van der Waals surface area contributed by atoms with Crippen LogP contribution in [0.1, 0.15) is 77.6 Å². The Labute approximate surface area is 424 Å². The van der Waals surface area contributed by atoms with Gasteiger partial charge in [-0.25, -0.2) is 4.39 Å². The van der Waals surface area contributed by atoms with Crippen molar-refractivity contribution in [3.63, 3.8) is 0 Å². The van der Waals surface area contributed by atoms with E-state index in [0.29, 0.717) is 18.4 Å². The summed E-state index contributed by atoms with van der Waals surface area (Å²) in [6, 6.07) is 52.3. The van der Waals surface area contributed by atoms with Gasteiger partial charge < -0.3 is 19.4 Å². The summed E-state index contributed by atoms with van der Waals surface area (Å²) in [5.41, 5.74) is 7.06. The van der Waals surface area contributed by atoms with Gasteiger partial charge in [0.15, 0.2) is 0 Å². The fraction of sp³-hybridized carbons (Fsp3) is 0.177. The molecule has 0 aliphatic rings. The number of halogens is 1. The van der Waals surface area contributed by atoms with E-state index >= 15 is 4.39 Å². The van der Waals surface area contributed by atoms with E-state index in [9.17, 15) is 5.48 Å². The van der Waals surface area contributed by atoms with Crippen molar-refractivity contribution in [1.29, 1.82) is 0 Å². The van der Waals surface area contributed by atoms with Gasteiger partial charge in [0.25, 0.3) is 0 Å². The van der Waals surface area contributed by atoms with Gasteiger partial charge in [0, 0.05) is 33.6 Å². The van der Waals surface area contributed by atoms with Crippen LogP contribution in [-0.2, 0) is 56.5 Å². The molecule has 4 nitrogen and oxygen atoms in total. The van der Waals surface area contributed by atoms with E-state index in [1.54, 1.807) is 42.5 Å². The van der Waals surface area contributed by atoms with Gasteiger partial charge in [-0.05, 0) is 105 Å². The molecular weight excluding hydrogens is 1010 g/mol. The SMILES string of the molecule is [2H]c1cc2c(oc3c(-c4ccc(C([2H])([2H])C([2H])([2H])c5cc(CC(C)(C)c6ccc(-c7[c-]cccc7)nc6)cc(CC(C)(C)c6ccc(-c7[c-]cccc7)nc6)c5)cn4)[c-]cc(C([2H])([2H])[2H])c32)c(-c2ccccc2)c1F.[Ir+3]. The van der Waals surface area contributed by atoms with Gasteiger partial charge >= 0.3 is 20.1 Å². The first-order valence-electron chi connectivity index (χ1n) is 26.3. The van der Waals surface area contributed by atoms with Crippen molar-refractivity contribution < 1.29 is 39.9 Å². The molecule has 10 rings (SSSR count). The minimum atomic E-state index is -2.64. The fourth-order valence-corrected chi connectivity index (χ4v) is 8.89. The molecule has 10 aromatic rings. The van der Waals surface area contributed by atoms with Gasteiger partial charge in [0.1, 0.15) is 11.4 Å². The molecule has 0 aliphatic carbocycles. The van der Waals surface area contributed by atoms with E-state index in [2.05, 4.69) is 69.1 Å². The second kappa shape index (κ2) is 19.4. The van der Waals surface area contributed by atoms with E-state index < -0.39 is 42.3 Å². The van der Waals surface area contributed by atoms with Gasteiger partial charge in [-0.15, -0.1) is 89.5 Å². The molecule has 0 aliphatic heterocycles. The number of nitrogens with zero attached hydrogens (tertiary/aromatic N) is 3. The van der Waals surface area contributed by atoms with Gasteiger partial charge in [-0.1, -0.05) is 130 Å². The summed E-state index contributed by atoms with van der Waals surface area (Å²) in [4.78, 5) is 14.2. The third-order valence-corrected chi connectivity index (χ3v) is 12.4. The van der Waals surface area contributed by atoms with Crippen molar-refractivity contribution in [2.24, 2.45) is 0 Å². The predicted molar refractivity (Wildman–Crippen MR) is 270 cm³/mol. The Bertz CT molecular complexity index is 3590. The largest absolute Gasteiger partial charge is 3.00 e. The zero-order valence-corrected chi connectivity index (χ0v) is 40.4. The molecule has 68 heavy (non-hydrogen) atoms. The van der Waals surface area contributed by atoms with E-state index in [4.69, 9.17) is 19.9 Å². The summed E-state index contributed by atoms with van der Waals surface area (Å²) in [6.45, 7) is 5.84. The molecular formula is C62H51FIrN3O. The smallest absolute Gasteiger partial charge is 0.500 e. The summed E-state index contributed by atoms with van der Waals surface area (Å²) < 4.78 is 94.6. The third-order valence-electron chi connectivity index (χ3n) is 12.4. The maximum atomic E-state index is 15.9. The Morgan fingerprint density at radius 1 is 0.618 bits per heavy atom. The molecule has 0 spiro atoms. The molecule has 336 valence electrons. The van der Waals surface area contributed by atoms with Crippen LogP contribution in [0.25, 0.3) is 66.8 Å². The molecule has 0 bridgehead atoms. The fourth-order valence-electron chi connectivity index (χ4n) is 8.89. The standard InChI is InChI=1S/C62H51FN3O.Ir/c1-41-21-27-51(59-57(41)52-28-29-53(63)58(60(52)67-59)48-19-13-8-14-20-48)56-30-24-42(38-64-56)22-23-43-33-44(36-61(2,3)49-25-31-54(65-39-49)46-15-9-6-10-16-46)35-45(34-43)37-62(4,5)50-26-32-55(66-40-50)47-17-11-7-12-18-47;/h6-15,17,19-21,24-26,28-35,38-40H,22-23,36-37H2,1-5H3;/q-3;+3/i1D3,22D2,23D2,29D;. The molecule has 0 amide bonds. The van der Waals surface area contributed by atoms with Crippen molar-refractivity contribution in [3.05, 3.63) is 233 Å². The Morgan fingerprint density at radius 2 is 1.19 bits per heavy atom. The maximum absolute atomic E-state index is 15.9. The topological polar surface area (TPSA) is 51.8 Å². The Hall–Kier alpha value is -6.85. The van der Waals surface area contributed by atoms with Crippen LogP contribution < -0.4 is 0 Å². The monoisotopic (exact) mass is 1070 g/mol. The Morgan fingerprint density at radius 3 is 1.74 bits per heavy atom. The summed E-state index contributed by atoms with van der Waals surface area (Å²) in [6.07, 6.45) is 0.745. The van der Waals surface area contributed by atoms with E-state index in [-0.39, 0.29) is 75.6 Å². The first-order chi connectivity index (χ1) is 35.6. The molecule has 0 saturated heterocycles. The zero-order chi connectivity index (χ0) is 53.1. The molecule has 6 heteroatoms. The van der Waals surface area contributed by atoms with E-state index in [1.807, 2.05) is 73.1 Å². The molecule has 0 atom stereocenters. The number of benzene rings is 6. The molecule has 0 unspecified atom stereocenters. The normalized spacial score (nSPS) is 14.1. The molecule has 0 N–H and O–H groups in total. The van der Waals surface area contributed by atoms with Gasteiger partial charge in [0.2, 0.25) is 0 Å². The Balaban J connectivity index is 0.00000706. The van der Waals surface area contributed by atoms with Gasteiger partial charge in [0.05, 0.1) is 12.5 Å². The van der Waals surface area contributed by atoms with Crippen LogP contribution in [-0.4, -0.2) is 15.0 Å². The van der Waals surface area contributed by atoms with Crippen molar-refractivity contribution in [2.75, 3.05) is 0 Å². The second-order valence-electron chi connectivity index (χ2n) is 18.2. The molecule has 6 aromatic carbocycles. The van der Waals surface area contributed by atoms with Crippen molar-refractivity contribution in [1.82, 2.24) is 15.0 Å². The van der Waals surface area contributed by atoms with Crippen LogP contribution in [0.3, 0.4) is 0 Å². The number of aryl methyl sites for hydroxylation is 3. The summed E-state index contributed by atoms with van der Waals surface area (Å²) in [7, 11) is 0. The van der Waals surface area contributed by atoms with Crippen LogP contribution in [0.5, 0.6) is 0 Å². The minimum Gasteiger partial charge on any atom is -0.500 e. The Kier molecular flexibility index (Phi) is 10.6. The van der Waals surface area contributed by atoms with E-state index in [0.717, 1.165) is 44.8 Å². The summed E-state index contributed by atoms with van der Waals surface area (Å²) in [5, 5.41) is 0.390. The first-order valence-corrected chi connectivity index (χ1v) is 22.3. The number of fused-ring (bicyclic) bond motifs is 3. The number of rotatable bonds is 13. The number of hydrogen-bond acceptors (Lipinski definition) is 4. The summed E-state index contributed by atoms with van der Waals surface area (Å²) >= 11 is 0. The molecule has 0 radical (unpaired) electrons. The quantitative estimate of drug-likeness (QED) is 0.108. The first kappa shape index (κ1) is 37.2. The number of hydrogen-bond donors (Lipinski definition) is 0.